The number of benzene rings is 2. The molecule has 0 radical (unpaired) electrons. The number of fused-ring (bicyclic) bond motifs is 1. The maximum absolute atomic E-state index is 2.38. The Morgan fingerprint density at radius 1 is 0.850 bits per heavy atom. The Morgan fingerprint density at radius 3 is 1.95 bits per heavy atom. The zero-order valence-electron chi connectivity index (χ0n) is 13.5. The van der Waals surface area contributed by atoms with Crippen molar-refractivity contribution in [1.82, 2.24) is 4.90 Å². The molecule has 2 rings (SSSR count). The van der Waals surface area contributed by atoms with E-state index in [1.165, 1.54) is 48.7 Å². The smallest absolute Gasteiger partial charge is 0.101 e. The van der Waals surface area contributed by atoms with Crippen molar-refractivity contribution in [1.29, 1.82) is 0 Å². The maximum Gasteiger partial charge on any atom is 0.101 e. The fourth-order valence-electron chi connectivity index (χ4n) is 2.35. The summed E-state index contributed by atoms with van der Waals surface area (Å²) in [5.41, 5.74) is 1.45. The molecule has 0 spiro atoms. The zero-order chi connectivity index (χ0) is 14.8. The average molecular weight is 269 g/mol. The molecule has 0 aromatic heterocycles. The number of hydrogen-bond donors (Lipinski definition) is 0. The third-order valence-corrected chi connectivity index (χ3v) is 3.69. The quantitative estimate of drug-likeness (QED) is 0.747. The number of nitrogens with zero attached hydrogens (tertiary/aromatic N) is 1. The van der Waals surface area contributed by atoms with Crippen LogP contribution in [0.4, 0.5) is 0 Å². The van der Waals surface area contributed by atoms with Gasteiger partial charge in [-0.3, -0.25) is 0 Å². The normalized spacial score (nSPS) is 10.4. The van der Waals surface area contributed by atoms with Gasteiger partial charge in [0.2, 0.25) is 0 Å². The minimum Gasteiger partial charge on any atom is -0.304 e. The van der Waals surface area contributed by atoms with E-state index >= 15 is 0 Å². The van der Waals surface area contributed by atoms with E-state index in [2.05, 4.69) is 76.0 Å². The lowest BCUT2D eigenvalue weighted by Crippen LogP contribution is -2.21. The van der Waals surface area contributed by atoms with Gasteiger partial charge in [0.1, 0.15) is 7.85 Å². The van der Waals surface area contributed by atoms with Crippen molar-refractivity contribution >= 4 is 18.6 Å². The lowest BCUT2D eigenvalue weighted by molar-refractivity contribution is 0.321. The van der Waals surface area contributed by atoms with Crippen LogP contribution in [0, 0.1) is 0 Å². The topological polar surface area (TPSA) is 3.24 Å². The van der Waals surface area contributed by atoms with Gasteiger partial charge in [-0.1, -0.05) is 69.6 Å². The van der Waals surface area contributed by atoms with E-state index in [9.17, 15) is 0 Å². The summed E-state index contributed by atoms with van der Waals surface area (Å²) in [7, 11) is 2.22. The van der Waals surface area contributed by atoms with Crippen molar-refractivity contribution in [2.75, 3.05) is 19.6 Å². The monoisotopic (exact) mass is 269 g/mol. The molecule has 2 heteroatoms. The van der Waals surface area contributed by atoms with E-state index in [1.807, 2.05) is 0 Å². The van der Waals surface area contributed by atoms with Crippen molar-refractivity contribution in [2.45, 2.75) is 33.5 Å². The predicted octanol–water partition coefficient (Wildman–Crippen LogP) is 3.78. The highest BCUT2D eigenvalue weighted by atomic mass is 15.1. The van der Waals surface area contributed by atoms with E-state index < -0.39 is 0 Å². The molecule has 0 atom stereocenters. The largest absolute Gasteiger partial charge is 0.304 e. The SMILES string of the molecule is BCCc1ccc2ccccc2c1.CCN(CC)CC. The van der Waals surface area contributed by atoms with Crippen LogP contribution < -0.4 is 0 Å². The highest BCUT2D eigenvalue weighted by Crippen LogP contribution is 2.16. The van der Waals surface area contributed by atoms with Gasteiger partial charge in [0.05, 0.1) is 0 Å². The molecule has 0 fully saturated rings. The lowest BCUT2D eigenvalue weighted by atomic mass is 9.96. The summed E-state index contributed by atoms with van der Waals surface area (Å²) in [6.45, 7) is 10.1. The van der Waals surface area contributed by atoms with E-state index in [-0.39, 0.29) is 0 Å². The van der Waals surface area contributed by atoms with Gasteiger partial charge in [-0.05, 0) is 42.4 Å². The summed E-state index contributed by atoms with van der Waals surface area (Å²) in [5, 5.41) is 2.69. The second kappa shape index (κ2) is 9.60. The molecule has 2 aromatic carbocycles. The van der Waals surface area contributed by atoms with Crippen LogP contribution in [0.5, 0.6) is 0 Å². The summed E-state index contributed by atoms with van der Waals surface area (Å²) in [6, 6.07) is 15.2. The van der Waals surface area contributed by atoms with Crippen LogP contribution in [-0.4, -0.2) is 32.4 Å². The second-order valence-corrected chi connectivity index (χ2v) is 5.05. The Hall–Kier alpha value is -1.28. The minimum absolute atomic E-state index is 1.19. The van der Waals surface area contributed by atoms with Crippen molar-refractivity contribution in [3.05, 3.63) is 48.0 Å². The Labute approximate surface area is 125 Å². The number of aryl methyl sites for hydroxylation is 1. The Kier molecular flexibility index (Phi) is 8.05. The van der Waals surface area contributed by atoms with Crippen LogP contribution in [0.25, 0.3) is 10.8 Å². The van der Waals surface area contributed by atoms with Gasteiger partial charge in [0, 0.05) is 0 Å². The van der Waals surface area contributed by atoms with Crippen LogP contribution in [0.1, 0.15) is 26.3 Å². The van der Waals surface area contributed by atoms with Crippen molar-refractivity contribution < 1.29 is 0 Å². The minimum atomic E-state index is 1.19. The first kappa shape index (κ1) is 16.8. The molecular formula is C18H28BN. The predicted molar refractivity (Wildman–Crippen MR) is 94.5 cm³/mol. The van der Waals surface area contributed by atoms with Crippen LogP contribution in [0.2, 0.25) is 6.32 Å². The van der Waals surface area contributed by atoms with Crippen molar-refractivity contribution in [2.24, 2.45) is 0 Å². The summed E-state index contributed by atoms with van der Waals surface area (Å²) >= 11 is 0. The second-order valence-electron chi connectivity index (χ2n) is 5.05. The van der Waals surface area contributed by atoms with Crippen molar-refractivity contribution in [3.8, 4) is 0 Å². The molecule has 20 heavy (non-hydrogen) atoms. The molecule has 0 N–H and O–H groups in total. The van der Waals surface area contributed by atoms with Crippen LogP contribution in [0.3, 0.4) is 0 Å². The summed E-state index contributed by atoms with van der Waals surface area (Å²) < 4.78 is 0. The number of hydrogen-bond acceptors (Lipinski definition) is 1. The van der Waals surface area contributed by atoms with Gasteiger partial charge in [-0.15, -0.1) is 0 Å². The summed E-state index contributed by atoms with van der Waals surface area (Å²) in [5.74, 6) is 0. The summed E-state index contributed by atoms with van der Waals surface area (Å²) in [4.78, 5) is 2.38. The van der Waals surface area contributed by atoms with E-state index in [4.69, 9.17) is 0 Å². The highest BCUT2D eigenvalue weighted by Gasteiger charge is 1.94. The highest BCUT2D eigenvalue weighted by molar-refractivity contribution is 6.08. The molecule has 0 saturated carbocycles. The Bertz CT molecular complexity index is 486. The van der Waals surface area contributed by atoms with Gasteiger partial charge >= 0.3 is 0 Å². The molecule has 0 aliphatic heterocycles. The van der Waals surface area contributed by atoms with Gasteiger partial charge in [-0.25, -0.2) is 0 Å². The average Bonchev–Trinajstić information content (AvgIpc) is 2.50. The third-order valence-electron chi connectivity index (χ3n) is 3.69. The first-order valence-corrected chi connectivity index (χ1v) is 7.95. The first-order chi connectivity index (χ1) is 9.74. The Morgan fingerprint density at radius 2 is 1.45 bits per heavy atom. The van der Waals surface area contributed by atoms with Crippen LogP contribution >= 0.6 is 0 Å². The van der Waals surface area contributed by atoms with E-state index in [1.54, 1.807) is 0 Å². The number of rotatable bonds is 5. The molecule has 0 aliphatic rings. The van der Waals surface area contributed by atoms with Crippen LogP contribution in [0.15, 0.2) is 42.5 Å². The van der Waals surface area contributed by atoms with Gasteiger partial charge in [-0.2, -0.15) is 0 Å². The molecule has 0 unspecified atom stereocenters. The molecular weight excluding hydrogens is 241 g/mol. The molecule has 0 amide bonds. The van der Waals surface area contributed by atoms with Crippen LogP contribution in [-0.2, 0) is 6.42 Å². The first-order valence-electron chi connectivity index (χ1n) is 7.95. The molecule has 1 nitrogen and oxygen atoms in total. The molecule has 0 heterocycles. The van der Waals surface area contributed by atoms with E-state index in [0.717, 1.165) is 0 Å². The molecule has 0 aliphatic carbocycles. The molecule has 2 aromatic rings. The van der Waals surface area contributed by atoms with Gasteiger partial charge in [0.15, 0.2) is 0 Å². The zero-order valence-corrected chi connectivity index (χ0v) is 13.5. The standard InChI is InChI=1S/C12H13B.C6H15N/c13-8-7-10-5-6-11-3-1-2-4-12(11)9-10;1-4-7(5-2)6-3/h1-6,9H,7-8,13H2;4-6H2,1-3H3. The lowest BCUT2D eigenvalue weighted by Gasteiger charge is -2.13. The third kappa shape index (κ3) is 5.38. The Balaban J connectivity index is 0.000000246. The van der Waals surface area contributed by atoms with Gasteiger partial charge in [0.25, 0.3) is 0 Å². The fourth-order valence-corrected chi connectivity index (χ4v) is 2.35. The molecule has 0 bridgehead atoms. The molecule has 108 valence electrons. The van der Waals surface area contributed by atoms with E-state index in [0.29, 0.717) is 0 Å². The fraction of sp³-hybridized carbons (Fsp3) is 0.444. The van der Waals surface area contributed by atoms with Gasteiger partial charge < -0.3 is 4.90 Å². The van der Waals surface area contributed by atoms with Crippen molar-refractivity contribution in [3.63, 3.8) is 0 Å². The maximum atomic E-state index is 2.38. The molecule has 0 saturated heterocycles. The summed E-state index contributed by atoms with van der Waals surface area (Å²) in [6.07, 6.45) is 2.41.